The Bertz CT molecular complexity index is 589. The molecule has 3 rings (SSSR count). The van der Waals surface area contributed by atoms with Gasteiger partial charge in [-0.15, -0.1) is 0 Å². The van der Waals surface area contributed by atoms with E-state index < -0.39 is 5.60 Å². The fourth-order valence-electron chi connectivity index (χ4n) is 2.38. The molecule has 0 aromatic heterocycles. The normalized spacial score (nSPS) is 22.1. The molecule has 1 heterocycles. The van der Waals surface area contributed by atoms with E-state index in [4.69, 9.17) is 0 Å². The van der Waals surface area contributed by atoms with Crippen LogP contribution in [0.25, 0.3) is 0 Å². The Hall–Kier alpha value is -1.93. The summed E-state index contributed by atoms with van der Waals surface area (Å²) in [6.45, 7) is 1.87. The number of rotatable bonds is 1. The fourth-order valence-corrected chi connectivity index (χ4v) is 2.38. The average Bonchev–Trinajstić information content (AvgIpc) is 2.64. The number of aliphatic hydroxyl groups is 1. The summed E-state index contributed by atoms with van der Waals surface area (Å²) in [7, 11) is 0. The van der Waals surface area contributed by atoms with E-state index in [1.165, 1.54) is 0 Å². The molecule has 1 N–H and O–H groups in total. The lowest BCUT2D eigenvalue weighted by Gasteiger charge is -2.25. The molecule has 0 spiro atoms. The molecule has 2 aromatic rings. The second-order valence-electron chi connectivity index (χ2n) is 4.29. The molecule has 1 atom stereocenters. The quantitative estimate of drug-likeness (QED) is 0.791. The summed E-state index contributed by atoms with van der Waals surface area (Å²) in [6, 6.07) is 17.4. The second-order valence-corrected chi connectivity index (χ2v) is 4.29. The molecule has 0 unspecified atom stereocenters. The Balaban J connectivity index is 2.25. The van der Waals surface area contributed by atoms with Crippen LogP contribution in [0.2, 0.25) is 0 Å². The van der Waals surface area contributed by atoms with Crippen LogP contribution in [-0.2, 0) is 5.60 Å². The molecule has 0 fully saturated rings. The summed E-state index contributed by atoms with van der Waals surface area (Å²) in [5, 5.41) is 11.0. The van der Waals surface area contributed by atoms with Gasteiger partial charge in [-0.2, -0.15) is 0 Å². The number of hydrogen-bond acceptors (Lipinski definition) is 2. The first kappa shape index (κ1) is 10.2. The van der Waals surface area contributed by atoms with Crippen LogP contribution in [-0.4, -0.2) is 10.8 Å². The van der Waals surface area contributed by atoms with Crippen LogP contribution >= 0.6 is 0 Å². The van der Waals surface area contributed by atoms with Crippen molar-refractivity contribution in [3.05, 3.63) is 65.7 Å². The van der Waals surface area contributed by atoms with E-state index in [1.807, 2.05) is 61.5 Å². The molecular formula is C15H13NO. The van der Waals surface area contributed by atoms with E-state index in [0.29, 0.717) is 0 Å². The van der Waals surface area contributed by atoms with Gasteiger partial charge in [-0.05, 0) is 18.6 Å². The number of nitrogens with zero attached hydrogens (tertiary/aromatic N) is 1. The lowest BCUT2D eigenvalue weighted by Crippen LogP contribution is -2.32. The van der Waals surface area contributed by atoms with Crippen molar-refractivity contribution >= 4 is 11.4 Å². The van der Waals surface area contributed by atoms with Crippen LogP contribution < -0.4 is 0 Å². The van der Waals surface area contributed by atoms with Crippen molar-refractivity contribution in [3.8, 4) is 0 Å². The molecule has 84 valence electrons. The van der Waals surface area contributed by atoms with Gasteiger partial charge < -0.3 is 5.11 Å². The molecule has 0 saturated heterocycles. The van der Waals surface area contributed by atoms with Crippen LogP contribution in [0.15, 0.2) is 59.6 Å². The Labute approximate surface area is 100 Å². The van der Waals surface area contributed by atoms with Crippen molar-refractivity contribution in [2.75, 3.05) is 0 Å². The van der Waals surface area contributed by atoms with Crippen molar-refractivity contribution in [1.29, 1.82) is 0 Å². The van der Waals surface area contributed by atoms with Crippen LogP contribution in [0, 0.1) is 0 Å². The standard InChI is InChI=1S/C15H13NO/c1-11-15(17,12-7-3-2-4-8-12)13-9-5-6-10-14(13)16-11/h2-10,17H,1H3/t15-/m0/s1. The zero-order valence-corrected chi connectivity index (χ0v) is 9.59. The van der Waals surface area contributed by atoms with E-state index in [2.05, 4.69) is 4.99 Å². The monoisotopic (exact) mass is 223 g/mol. The van der Waals surface area contributed by atoms with Gasteiger partial charge in [0.05, 0.1) is 11.4 Å². The first-order valence-electron chi connectivity index (χ1n) is 5.66. The Morgan fingerprint density at radius 3 is 2.35 bits per heavy atom. The zero-order chi connectivity index (χ0) is 11.9. The number of para-hydroxylation sites is 1. The van der Waals surface area contributed by atoms with E-state index >= 15 is 0 Å². The number of fused-ring (bicyclic) bond motifs is 1. The predicted molar refractivity (Wildman–Crippen MR) is 68.7 cm³/mol. The maximum absolute atomic E-state index is 11.0. The molecule has 0 radical (unpaired) electrons. The van der Waals surface area contributed by atoms with Gasteiger partial charge in [0.1, 0.15) is 0 Å². The number of aliphatic imine (C=N–C) groups is 1. The van der Waals surface area contributed by atoms with Crippen molar-refractivity contribution in [1.82, 2.24) is 0 Å². The molecule has 2 aromatic carbocycles. The van der Waals surface area contributed by atoms with E-state index in [9.17, 15) is 5.11 Å². The average molecular weight is 223 g/mol. The van der Waals surface area contributed by atoms with Crippen LogP contribution in [0.5, 0.6) is 0 Å². The lowest BCUT2D eigenvalue weighted by molar-refractivity contribution is 0.159. The molecule has 2 nitrogen and oxygen atoms in total. The molecule has 2 heteroatoms. The van der Waals surface area contributed by atoms with Crippen LogP contribution in [0.1, 0.15) is 18.1 Å². The number of benzene rings is 2. The summed E-state index contributed by atoms with van der Waals surface area (Å²) < 4.78 is 0. The first-order chi connectivity index (χ1) is 8.23. The van der Waals surface area contributed by atoms with Gasteiger partial charge in [0, 0.05) is 5.56 Å². The summed E-state index contributed by atoms with van der Waals surface area (Å²) >= 11 is 0. The topological polar surface area (TPSA) is 32.6 Å². The maximum Gasteiger partial charge on any atom is 0.155 e. The fraction of sp³-hybridized carbons (Fsp3) is 0.133. The number of hydrogen-bond donors (Lipinski definition) is 1. The van der Waals surface area contributed by atoms with Gasteiger partial charge >= 0.3 is 0 Å². The van der Waals surface area contributed by atoms with Gasteiger partial charge in [-0.3, -0.25) is 4.99 Å². The molecule has 1 aliphatic heterocycles. The van der Waals surface area contributed by atoms with Crippen LogP contribution in [0.3, 0.4) is 0 Å². The second kappa shape index (κ2) is 3.54. The first-order valence-corrected chi connectivity index (χ1v) is 5.66. The Kier molecular flexibility index (Phi) is 2.13. The van der Waals surface area contributed by atoms with Gasteiger partial charge in [0.2, 0.25) is 0 Å². The van der Waals surface area contributed by atoms with Gasteiger partial charge in [0.25, 0.3) is 0 Å². The molecule has 0 bridgehead atoms. The largest absolute Gasteiger partial charge is 0.375 e. The zero-order valence-electron chi connectivity index (χ0n) is 9.59. The van der Waals surface area contributed by atoms with Gasteiger partial charge in [-0.25, -0.2) is 0 Å². The highest BCUT2D eigenvalue weighted by Gasteiger charge is 2.40. The minimum atomic E-state index is -1.07. The molecule has 1 aliphatic rings. The van der Waals surface area contributed by atoms with Crippen molar-refractivity contribution < 1.29 is 5.11 Å². The lowest BCUT2D eigenvalue weighted by atomic mass is 9.84. The van der Waals surface area contributed by atoms with E-state index in [0.717, 1.165) is 22.5 Å². The van der Waals surface area contributed by atoms with Crippen molar-refractivity contribution in [2.45, 2.75) is 12.5 Å². The summed E-state index contributed by atoms with van der Waals surface area (Å²) in [5.74, 6) is 0. The molecular weight excluding hydrogens is 210 g/mol. The SMILES string of the molecule is CC1=Nc2ccccc2[C@@]1(O)c1ccccc1. The third-order valence-electron chi connectivity index (χ3n) is 3.30. The van der Waals surface area contributed by atoms with E-state index in [1.54, 1.807) is 0 Å². The van der Waals surface area contributed by atoms with Crippen LogP contribution in [0.4, 0.5) is 5.69 Å². The Morgan fingerprint density at radius 1 is 0.941 bits per heavy atom. The third kappa shape index (κ3) is 1.34. The van der Waals surface area contributed by atoms with Crippen molar-refractivity contribution in [3.63, 3.8) is 0 Å². The predicted octanol–water partition coefficient (Wildman–Crippen LogP) is 3.03. The van der Waals surface area contributed by atoms with Gasteiger partial charge in [-0.1, -0.05) is 48.5 Å². The molecule has 17 heavy (non-hydrogen) atoms. The highest BCUT2D eigenvalue weighted by Crippen LogP contribution is 2.42. The summed E-state index contributed by atoms with van der Waals surface area (Å²) in [4.78, 5) is 4.45. The van der Waals surface area contributed by atoms with E-state index in [-0.39, 0.29) is 0 Å². The highest BCUT2D eigenvalue weighted by molar-refractivity contribution is 6.01. The highest BCUT2D eigenvalue weighted by atomic mass is 16.3. The molecule has 0 amide bonds. The smallest absolute Gasteiger partial charge is 0.155 e. The van der Waals surface area contributed by atoms with Crippen molar-refractivity contribution in [2.24, 2.45) is 4.99 Å². The molecule has 0 saturated carbocycles. The summed E-state index contributed by atoms with van der Waals surface area (Å²) in [5.41, 5.74) is 2.24. The maximum atomic E-state index is 11.0. The van der Waals surface area contributed by atoms with Gasteiger partial charge in [0.15, 0.2) is 5.60 Å². The molecule has 0 aliphatic carbocycles. The third-order valence-corrected chi connectivity index (χ3v) is 3.30. The minimum Gasteiger partial charge on any atom is -0.375 e. The Morgan fingerprint density at radius 2 is 1.59 bits per heavy atom. The minimum absolute atomic E-state index is 0.727. The summed E-state index contributed by atoms with van der Waals surface area (Å²) in [6.07, 6.45) is 0.